The lowest BCUT2D eigenvalue weighted by Gasteiger charge is -2.30. The molecule has 20 heavy (non-hydrogen) atoms. The minimum Gasteiger partial charge on any atom is -0.481 e. The normalized spacial score (nSPS) is 14.0. The lowest BCUT2D eigenvalue weighted by molar-refractivity contribution is -0.138. The average Bonchev–Trinajstić information content (AvgIpc) is 2.26. The molecule has 2 N–H and O–H groups in total. The number of hydrogen-bond donors (Lipinski definition) is 2. The van der Waals surface area contributed by atoms with Crippen LogP contribution in [0.25, 0.3) is 0 Å². The van der Waals surface area contributed by atoms with Gasteiger partial charge in [-0.2, -0.15) is 0 Å². The van der Waals surface area contributed by atoms with E-state index in [2.05, 4.69) is 9.71 Å². The van der Waals surface area contributed by atoms with Gasteiger partial charge in [0, 0.05) is 12.2 Å². The molecule has 1 unspecified atom stereocenters. The van der Waals surface area contributed by atoms with Crippen molar-refractivity contribution in [1.82, 2.24) is 9.71 Å². The molecule has 1 atom stereocenters. The number of nitrogens with zero attached hydrogens (tertiary/aromatic N) is 1. The van der Waals surface area contributed by atoms with Gasteiger partial charge in [0.05, 0.1) is 12.6 Å². The lowest BCUT2D eigenvalue weighted by Crippen LogP contribution is -2.45. The van der Waals surface area contributed by atoms with Gasteiger partial charge in [0.15, 0.2) is 0 Å². The van der Waals surface area contributed by atoms with Gasteiger partial charge in [-0.15, -0.1) is 0 Å². The van der Waals surface area contributed by atoms with Crippen LogP contribution in [-0.4, -0.2) is 30.5 Å². The maximum absolute atomic E-state index is 13.0. The molecule has 0 aromatic carbocycles. The first-order chi connectivity index (χ1) is 9.02. The van der Waals surface area contributed by atoms with Crippen molar-refractivity contribution < 1.29 is 22.7 Å². The molecule has 1 rings (SSSR count). The minimum atomic E-state index is -4.03. The number of carboxylic acid groups (broad SMARTS) is 1. The molecule has 0 aliphatic rings. The lowest BCUT2D eigenvalue weighted by atomic mass is 9.85. The highest BCUT2D eigenvalue weighted by Crippen LogP contribution is 2.24. The molecule has 1 aromatic heterocycles. The Balaban J connectivity index is 3.06. The van der Waals surface area contributed by atoms with Crippen LogP contribution in [0.3, 0.4) is 0 Å². The molecule has 0 spiro atoms. The number of rotatable bonds is 5. The largest absolute Gasteiger partial charge is 0.481 e. The topological polar surface area (TPSA) is 96.4 Å². The number of carboxylic acids is 1. The Morgan fingerprint density at radius 1 is 1.45 bits per heavy atom. The molecule has 0 fully saturated rings. The van der Waals surface area contributed by atoms with E-state index in [0.717, 1.165) is 18.5 Å². The van der Waals surface area contributed by atoms with E-state index in [9.17, 15) is 17.6 Å². The molecule has 8 heteroatoms. The van der Waals surface area contributed by atoms with E-state index in [4.69, 9.17) is 5.11 Å². The van der Waals surface area contributed by atoms with Crippen molar-refractivity contribution in [2.75, 3.05) is 0 Å². The summed E-state index contributed by atoms with van der Waals surface area (Å²) in [4.78, 5) is 14.0. The Labute approximate surface area is 117 Å². The predicted molar refractivity (Wildman–Crippen MR) is 70.0 cm³/mol. The zero-order valence-electron chi connectivity index (χ0n) is 11.4. The van der Waals surface area contributed by atoms with Gasteiger partial charge in [0.25, 0.3) is 0 Å². The van der Waals surface area contributed by atoms with Gasteiger partial charge < -0.3 is 5.11 Å². The highest BCUT2D eigenvalue weighted by Gasteiger charge is 2.31. The fourth-order valence-corrected chi connectivity index (χ4v) is 2.91. The van der Waals surface area contributed by atoms with Crippen molar-refractivity contribution in [2.24, 2.45) is 5.41 Å². The van der Waals surface area contributed by atoms with Gasteiger partial charge in [-0.05, 0) is 11.5 Å². The summed E-state index contributed by atoms with van der Waals surface area (Å²) in [5.74, 6) is -1.90. The van der Waals surface area contributed by atoms with E-state index in [0.29, 0.717) is 0 Å². The molecule has 1 heterocycles. The first-order valence-corrected chi connectivity index (χ1v) is 7.35. The number of aliphatic carboxylic acids is 1. The van der Waals surface area contributed by atoms with Gasteiger partial charge in [-0.3, -0.25) is 9.78 Å². The Bertz CT molecular complexity index is 596. The molecule has 1 aromatic rings. The fraction of sp³-hybridized carbons (Fsp3) is 0.500. The Morgan fingerprint density at radius 2 is 2.05 bits per heavy atom. The second-order valence-corrected chi connectivity index (χ2v) is 7.19. The molecule has 0 aliphatic carbocycles. The minimum absolute atomic E-state index is 0.336. The van der Waals surface area contributed by atoms with Gasteiger partial charge in [0.1, 0.15) is 10.7 Å². The van der Waals surface area contributed by atoms with E-state index >= 15 is 0 Å². The number of sulfonamides is 1. The van der Waals surface area contributed by atoms with E-state index < -0.39 is 33.3 Å². The first kappa shape index (κ1) is 16.5. The molecular weight excluding hydrogens is 287 g/mol. The van der Waals surface area contributed by atoms with Crippen LogP contribution in [0.2, 0.25) is 0 Å². The highest BCUT2D eigenvalue weighted by atomic mass is 32.2. The van der Waals surface area contributed by atoms with Gasteiger partial charge in [-0.25, -0.2) is 17.5 Å². The van der Waals surface area contributed by atoms with Crippen LogP contribution in [0.5, 0.6) is 0 Å². The fourth-order valence-electron chi connectivity index (χ4n) is 1.49. The smallest absolute Gasteiger partial charge is 0.304 e. The van der Waals surface area contributed by atoms with E-state index in [1.165, 1.54) is 0 Å². The number of aromatic nitrogens is 1. The number of carbonyl (C=O) groups is 1. The van der Waals surface area contributed by atoms with Crippen LogP contribution in [0.4, 0.5) is 4.39 Å². The second kappa shape index (κ2) is 5.84. The summed E-state index contributed by atoms with van der Waals surface area (Å²) in [5, 5.41) is 8.85. The monoisotopic (exact) mass is 304 g/mol. The number of pyridine rings is 1. The Kier molecular flexibility index (Phi) is 4.82. The van der Waals surface area contributed by atoms with Crippen molar-refractivity contribution >= 4 is 16.0 Å². The quantitative estimate of drug-likeness (QED) is 0.857. The van der Waals surface area contributed by atoms with Crippen LogP contribution < -0.4 is 4.72 Å². The molecule has 0 saturated carbocycles. The molecule has 0 saturated heterocycles. The zero-order valence-corrected chi connectivity index (χ0v) is 12.2. The van der Waals surface area contributed by atoms with Gasteiger partial charge in [-0.1, -0.05) is 20.8 Å². The van der Waals surface area contributed by atoms with Crippen molar-refractivity contribution in [3.63, 3.8) is 0 Å². The summed E-state index contributed by atoms with van der Waals surface area (Å²) in [7, 11) is -4.03. The van der Waals surface area contributed by atoms with E-state index in [1.807, 2.05) is 0 Å². The van der Waals surface area contributed by atoms with Gasteiger partial charge >= 0.3 is 5.97 Å². The number of nitrogens with one attached hydrogen (secondary N) is 1. The summed E-state index contributed by atoms with van der Waals surface area (Å²) in [6.45, 7) is 5.15. The maximum Gasteiger partial charge on any atom is 0.304 e. The van der Waals surface area contributed by atoms with Crippen molar-refractivity contribution in [2.45, 2.75) is 38.1 Å². The predicted octanol–water partition coefficient (Wildman–Crippen LogP) is 1.39. The zero-order chi connectivity index (χ0) is 15.6. The SMILES string of the molecule is CC(C)(C)C(CC(=O)O)NS(=O)(=O)c1cncc(F)c1. The maximum atomic E-state index is 13.0. The van der Waals surface area contributed by atoms with Crippen LogP contribution in [-0.2, 0) is 14.8 Å². The first-order valence-electron chi connectivity index (χ1n) is 5.87. The summed E-state index contributed by atoms with van der Waals surface area (Å²) < 4.78 is 39.5. The summed E-state index contributed by atoms with van der Waals surface area (Å²) in [6.07, 6.45) is 1.52. The van der Waals surface area contributed by atoms with E-state index in [1.54, 1.807) is 20.8 Å². The summed E-state index contributed by atoms with van der Waals surface area (Å²) in [5.41, 5.74) is -0.605. The van der Waals surface area contributed by atoms with Crippen LogP contribution >= 0.6 is 0 Å². The van der Waals surface area contributed by atoms with E-state index in [-0.39, 0.29) is 11.3 Å². The van der Waals surface area contributed by atoms with Crippen LogP contribution in [0.1, 0.15) is 27.2 Å². The molecule has 0 aliphatic heterocycles. The third-order valence-corrected chi connectivity index (χ3v) is 4.15. The molecule has 0 radical (unpaired) electrons. The number of hydrogen-bond acceptors (Lipinski definition) is 4. The van der Waals surface area contributed by atoms with Crippen molar-refractivity contribution in [3.05, 3.63) is 24.3 Å². The molecule has 6 nitrogen and oxygen atoms in total. The van der Waals surface area contributed by atoms with Crippen LogP contribution in [0.15, 0.2) is 23.4 Å². The highest BCUT2D eigenvalue weighted by molar-refractivity contribution is 7.89. The average molecular weight is 304 g/mol. The molecule has 0 amide bonds. The molecule has 112 valence electrons. The molecular formula is C12H17FN2O4S. The number of halogens is 1. The summed E-state index contributed by atoms with van der Waals surface area (Å²) >= 11 is 0. The molecule has 0 bridgehead atoms. The van der Waals surface area contributed by atoms with Crippen molar-refractivity contribution in [1.29, 1.82) is 0 Å². The third kappa shape index (κ3) is 4.53. The van der Waals surface area contributed by atoms with Crippen molar-refractivity contribution in [3.8, 4) is 0 Å². The van der Waals surface area contributed by atoms with Gasteiger partial charge in [0.2, 0.25) is 10.0 Å². The van der Waals surface area contributed by atoms with Crippen LogP contribution in [0, 0.1) is 11.2 Å². The standard InChI is InChI=1S/C12H17FN2O4S/c1-12(2,3)10(5-11(16)17)15-20(18,19)9-4-8(13)6-14-7-9/h4,6-7,10,15H,5H2,1-3H3,(H,16,17). The third-order valence-electron chi connectivity index (χ3n) is 2.71. The second-order valence-electron chi connectivity index (χ2n) is 5.48. The Hall–Kier alpha value is -1.54. The Morgan fingerprint density at radius 3 is 2.50 bits per heavy atom. The summed E-state index contributed by atoms with van der Waals surface area (Å²) in [6, 6.07) is 0.00351.